The Bertz CT molecular complexity index is 357. The predicted molar refractivity (Wildman–Crippen MR) is 63.6 cm³/mol. The zero-order valence-corrected chi connectivity index (χ0v) is 9.52. The van der Waals surface area contributed by atoms with Crippen molar-refractivity contribution in [1.82, 2.24) is 9.97 Å². The lowest BCUT2D eigenvalue weighted by Gasteiger charge is -2.12. The molecule has 1 N–H and O–H groups in total. The molecule has 0 spiro atoms. The van der Waals surface area contributed by atoms with E-state index in [0.717, 1.165) is 19.3 Å². The summed E-state index contributed by atoms with van der Waals surface area (Å²) in [5.74, 6) is 1.30. The van der Waals surface area contributed by atoms with Gasteiger partial charge in [0.15, 0.2) is 0 Å². The summed E-state index contributed by atoms with van der Waals surface area (Å²) in [5, 5.41) is 3.29. The van der Waals surface area contributed by atoms with E-state index in [1.165, 1.54) is 0 Å². The van der Waals surface area contributed by atoms with Gasteiger partial charge >= 0.3 is 0 Å². The van der Waals surface area contributed by atoms with Crippen molar-refractivity contribution in [3.05, 3.63) is 24.4 Å². The van der Waals surface area contributed by atoms with E-state index in [0.29, 0.717) is 24.5 Å². The summed E-state index contributed by atoms with van der Waals surface area (Å²) in [5.41, 5.74) is 0. The topological polar surface area (TPSA) is 47.0 Å². The maximum absolute atomic E-state index is 5.45. The number of ether oxygens (including phenoxy) is 1. The fourth-order valence-corrected chi connectivity index (χ4v) is 1.62. The Morgan fingerprint density at radius 2 is 2.25 bits per heavy atom. The maximum Gasteiger partial charge on any atom is 0.226 e. The largest absolute Gasteiger partial charge is 0.478 e. The standard InChI is InChI=1S/C12H17N3O/c1-2-9-16-11-7-8-13-12(15-11)14-10-5-3-4-6-10/h3-4,7-8,10H,2,5-6,9H2,1H3,(H,13,14,15). The average Bonchev–Trinajstić information content (AvgIpc) is 2.80. The summed E-state index contributed by atoms with van der Waals surface area (Å²) < 4.78 is 5.45. The smallest absolute Gasteiger partial charge is 0.226 e. The third kappa shape index (κ3) is 2.95. The minimum atomic E-state index is 0.432. The van der Waals surface area contributed by atoms with E-state index < -0.39 is 0 Å². The molecule has 4 nitrogen and oxygen atoms in total. The lowest BCUT2D eigenvalue weighted by molar-refractivity contribution is 0.305. The van der Waals surface area contributed by atoms with Crippen molar-refractivity contribution in [2.24, 2.45) is 0 Å². The van der Waals surface area contributed by atoms with Crippen LogP contribution in [0.25, 0.3) is 0 Å². The molecule has 0 bridgehead atoms. The second-order valence-electron chi connectivity index (χ2n) is 3.85. The van der Waals surface area contributed by atoms with E-state index in [9.17, 15) is 0 Å². The van der Waals surface area contributed by atoms with Crippen molar-refractivity contribution in [3.63, 3.8) is 0 Å². The van der Waals surface area contributed by atoms with Crippen LogP contribution >= 0.6 is 0 Å². The highest BCUT2D eigenvalue weighted by atomic mass is 16.5. The van der Waals surface area contributed by atoms with Crippen LogP contribution in [0, 0.1) is 0 Å². The molecule has 1 aliphatic carbocycles. The Hall–Kier alpha value is -1.58. The van der Waals surface area contributed by atoms with Gasteiger partial charge < -0.3 is 10.1 Å². The van der Waals surface area contributed by atoms with Gasteiger partial charge in [-0.1, -0.05) is 19.1 Å². The average molecular weight is 219 g/mol. The molecule has 16 heavy (non-hydrogen) atoms. The van der Waals surface area contributed by atoms with Gasteiger partial charge in [-0.3, -0.25) is 0 Å². The van der Waals surface area contributed by atoms with Crippen molar-refractivity contribution < 1.29 is 4.74 Å². The second-order valence-corrected chi connectivity index (χ2v) is 3.85. The molecule has 0 unspecified atom stereocenters. The monoisotopic (exact) mass is 219 g/mol. The number of aromatic nitrogens is 2. The van der Waals surface area contributed by atoms with Crippen LogP contribution < -0.4 is 10.1 Å². The van der Waals surface area contributed by atoms with Gasteiger partial charge in [0, 0.05) is 18.3 Å². The third-order valence-corrected chi connectivity index (χ3v) is 2.43. The molecule has 1 aromatic heterocycles. The molecule has 0 saturated heterocycles. The van der Waals surface area contributed by atoms with Gasteiger partial charge in [0.05, 0.1) is 6.61 Å². The fourth-order valence-electron chi connectivity index (χ4n) is 1.62. The van der Waals surface area contributed by atoms with Gasteiger partial charge in [-0.05, 0) is 19.3 Å². The zero-order chi connectivity index (χ0) is 11.2. The number of nitrogens with one attached hydrogen (secondary N) is 1. The Kier molecular flexibility index (Phi) is 3.75. The second kappa shape index (κ2) is 5.49. The maximum atomic E-state index is 5.45. The minimum absolute atomic E-state index is 0.432. The predicted octanol–water partition coefficient (Wildman–Crippen LogP) is 2.40. The third-order valence-electron chi connectivity index (χ3n) is 2.43. The summed E-state index contributed by atoms with van der Waals surface area (Å²) in [7, 11) is 0. The summed E-state index contributed by atoms with van der Waals surface area (Å²) in [6, 6.07) is 2.22. The van der Waals surface area contributed by atoms with E-state index in [1.54, 1.807) is 12.3 Å². The molecule has 86 valence electrons. The van der Waals surface area contributed by atoms with Gasteiger partial charge in [0.1, 0.15) is 0 Å². The van der Waals surface area contributed by atoms with Crippen LogP contribution in [0.2, 0.25) is 0 Å². The van der Waals surface area contributed by atoms with Gasteiger partial charge in [0.25, 0.3) is 0 Å². The molecule has 2 rings (SSSR count). The van der Waals surface area contributed by atoms with Crippen LogP contribution in [0.4, 0.5) is 5.95 Å². The first-order chi connectivity index (χ1) is 7.88. The fraction of sp³-hybridized carbons (Fsp3) is 0.500. The quantitative estimate of drug-likeness (QED) is 0.772. The molecule has 1 heterocycles. The molecule has 1 aliphatic rings. The highest BCUT2D eigenvalue weighted by Gasteiger charge is 2.11. The molecule has 0 aliphatic heterocycles. The highest BCUT2D eigenvalue weighted by Crippen LogP contribution is 2.15. The Labute approximate surface area is 95.8 Å². The Balaban J connectivity index is 1.93. The highest BCUT2D eigenvalue weighted by molar-refractivity contribution is 5.30. The van der Waals surface area contributed by atoms with Gasteiger partial charge in [0.2, 0.25) is 11.8 Å². The number of anilines is 1. The zero-order valence-electron chi connectivity index (χ0n) is 9.52. The number of nitrogens with zero attached hydrogens (tertiary/aromatic N) is 2. The van der Waals surface area contributed by atoms with E-state index in [4.69, 9.17) is 4.74 Å². The Morgan fingerprint density at radius 1 is 1.44 bits per heavy atom. The number of rotatable bonds is 5. The van der Waals surface area contributed by atoms with Gasteiger partial charge in [-0.2, -0.15) is 4.98 Å². The molecule has 1 aromatic rings. The van der Waals surface area contributed by atoms with Crippen molar-refractivity contribution >= 4 is 5.95 Å². The molecule has 0 radical (unpaired) electrons. The van der Waals surface area contributed by atoms with Crippen molar-refractivity contribution in [2.75, 3.05) is 11.9 Å². The molecule has 0 atom stereocenters. The first kappa shape index (κ1) is 10.9. The minimum Gasteiger partial charge on any atom is -0.478 e. The molecule has 0 saturated carbocycles. The molecular formula is C12H17N3O. The lowest BCUT2D eigenvalue weighted by Crippen LogP contribution is -2.17. The lowest BCUT2D eigenvalue weighted by atomic mass is 10.2. The van der Waals surface area contributed by atoms with Gasteiger partial charge in [-0.25, -0.2) is 4.98 Å². The van der Waals surface area contributed by atoms with Crippen LogP contribution in [-0.2, 0) is 0 Å². The van der Waals surface area contributed by atoms with Crippen LogP contribution in [0.3, 0.4) is 0 Å². The summed E-state index contributed by atoms with van der Waals surface area (Å²) in [6.07, 6.45) is 9.15. The summed E-state index contributed by atoms with van der Waals surface area (Å²) >= 11 is 0. The van der Waals surface area contributed by atoms with Crippen molar-refractivity contribution in [1.29, 1.82) is 0 Å². The van der Waals surface area contributed by atoms with Crippen molar-refractivity contribution in [2.45, 2.75) is 32.2 Å². The first-order valence-corrected chi connectivity index (χ1v) is 5.76. The molecular weight excluding hydrogens is 202 g/mol. The molecule has 0 aromatic carbocycles. The number of hydrogen-bond acceptors (Lipinski definition) is 4. The van der Waals surface area contributed by atoms with Gasteiger partial charge in [-0.15, -0.1) is 0 Å². The van der Waals surface area contributed by atoms with E-state index in [-0.39, 0.29) is 0 Å². The normalized spacial score (nSPS) is 15.3. The van der Waals surface area contributed by atoms with Crippen LogP contribution in [0.5, 0.6) is 5.88 Å². The van der Waals surface area contributed by atoms with Crippen LogP contribution in [0.15, 0.2) is 24.4 Å². The molecule has 0 fully saturated rings. The first-order valence-electron chi connectivity index (χ1n) is 5.76. The van der Waals surface area contributed by atoms with Crippen LogP contribution in [0.1, 0.15) is 26.2 Å². The molecule has 4 heteroatoms. The SMILES string of the molecule is CCCOc1ccnc(NC2CC=CC2)n1. The molecule has 0 amide bonds. The van der Waals surface area contributed by atoms with E-state index >= 15 is 0 Å². The van der Waals surface area contributed by atoms with Crippen LogP contribution in [-0.4, -0.2) is 22.6 Å². The number of hydrogen-bond donors (Lipinski definition) is 1. The summed E-state index contributed by atoms with van der Waals surface area (Å²) in [4.78, 5) is 8.48. The Morgan fingerprint density at radius 3 is 3.00 bits per heavy atom. The van der Waals surface area contributed by atoms with E-state index in [2.05, 4.69) is 34.4 Å². The van der Waals surface area contributed by atoms with Crippen molar-refractivity contribution in [3.8, 4) is 5.88 Å². The summed E-state index contributed by atoms with van der Waals surface area (Å²) in [6.45, 7) is 2.77. The van der Waals surface area contributed by atoms with E-state index in [1.807, 2.05) is 0 Å².